The molecule has 0 aromatic rings. The Morgan fingerprint density at radius 1 is 1.09 bits per heavy atom. The number of rotatable bonds is 0. The molecule has 1 aliphatic heterocycles. The fourth-order valence-electron chi connectivity index (χ4n) is 1.00. The van der Waals surface area contributed by atoms with Gasteiger partial charge in [-0.25, -0.2) is 3.11 Å². The standard InChI is InChI=1S/C6H14IN3O/c1-8-3-10(7)4-9(2)6-11-5-8/h3-6H2,1-2H3. The third-order valence-corrected chi connectivity index (χ3v) is 2.02. The summed E-state index contributed by atoms with van der Waals surface area (Å²) in [6.45, 7) is 3.32. The van der Waals surface area contributed by atoms with Crippen LogP contribution < -0.4 is 0 Å². The van der Waals surface area contributed by atoms with Gasteiger partial charge < -0.3 is 4.74 Å². The zero-order valence-corrected chi connectivity index (χ0v) is 9.11. The topological polar surface area (TPSA) is 19.0 Å². The maximum absolute atomic E-state index is 5.37. The van der Waals surface area contributed by atoms with E-state index in [0.29, 0.717) is 13.5 Å². The van der Waals surface area contributed by atoms with E-state index in [-0.39, 0.29) is 0 Å². The monoisotopic (exact) mass is 271 g/mol. The van der Waals surface area contributed by atoms with Gasteiger partial charge in [0.2, 0.25) is 0 Å². The van der Waals surface area contributed by atoms with Crippen molar-refractivity contribution in [3.8, 4) is 0 Å². The first-order chi connectivity index (χ1) is 5.18. The highest BCUT2D eigenvalue weighted by Gasteiger charge is 2.11. The summed E-state index contributed by atoms with van der Waals surface area (Å²) < 4.78 is 7.59. The van der Waals surface area contributed by atoms with Crippen LogP contribution in [0.4, 0.5) is 0 Å². The zero-order valence-electron chi connectivity index (χ0n) is 6.96. The minimum absolute atomic E-state index is 0.712. The molecule has 0 atom stereocenters. The average molecular weight is 271 g/mol. The molecule has 5 heteroatoms. The van der Waals surface area contributed by atoms with Crippen LogP contribution in [0.15, 0.2) is 0 Å². The lowest BCUT2D eigenvalue weighted by Crippen LogP contribution is -2.41. The van der Waals surface area contributed by atoms with Crippen LogP contribution in [0, 0.1) is 0 Å². The van der Waals surface area contributed by atoms with Crippen molar-refractivity contribution in [3.05, 3.63) is 0 Å². The molecule has 0 aromatic heterocycles. The predicted octanol–water partition coefficient (Wildman–Crippen LogP) is 0.362. The second-order valence-electron chi connectivity index (χ2n) is 2.92. The minimum atomic E-state index is 0.712. The molecule has 4 nitrogen and oxygen atoms in total. The molecule has 0 aromatic carbocycles. The van der Waals surface area contributed by atoms with Gasteiger partial charge >= 0.3 is 0 Å². The van der Waals surface area contributed by atoms with Crippen molar-refractivity contribution in [2.45, 2.75) is 0 Å². The van der Waals surface area contributed by atoms with Gasteiger partial charge in [-0.3, -0.25) is 9.80 Å². The third kappa shape index (κ3) is 3.66. The summed E-state index contributed by atoms with van der Waals surface area (Å²) in [6, 6.07) is 0. The largest absolute Gasteiger partial charge is 0.351 e. The minimum Gasteiger partial charge on any atom is -0.351 e. The first kappa shape index (κ1) is 9.66. The van der Waals surface area contributed by atoms with Crippen LogP contribution in [0.2, 0.25) is 0 Å². The number of hydrogen-bond donors (Lipinski definition) is 0. The van der Waals surface area contributed by atoms with Gasteiger partial charge in [0.05, 0.1) is 13.3 Å². The number of hydrogen-bond acceptors (Lipinski definition) is 4. The Kier molecular flexibility index (Phi) is 4.00. The van der Waals surface area contributed by atoms with E-state index >= 15 is 0 Å². The molecular weight excluding hydrogens is 257 g/mol. The van der Waals surface area contributed by atoms with Crippen molar-refractivity contribution < 1.29 is 4.74 Å². The lowest BCUT2D eigenvalue weighted by molar-refractivity contribution is -0.0529. The molecule has 1 aliphatic rings. The van der Waals surface area contributed by atoms with Crippen LogP contribution in [0.3, 0.4) is 0 Å². The molecule has 11 heavy (non-hydrogen) atoms. The maximum Gasteiger partial charge on any atom is 0.102 e. The summed E-state index contributed by atoms with van der Waals surface area (Å²) in [5.41, 5.74) is 0. The molecule has 1 fully saturated rings. The molecule has 0 spiro atoms. The Bertz CT molecular complexity index is 112. The second-order valence-corrected chi connectivity index (χ2v) is 4.28. The van der Waals surface area contributed by atoms with Gasteiger partial charge in [-0.2, -0.15) is 0 Å². The average Bonchev–Trinajstić information content (AvgIpc) is 1.83. The zero-order chi connectivity index (χ0) is 8.27. The van der Waals surface area contributed by atoms with Gasteiger partial charge in [-0.05, 0) is 14.1 Å². The Hall–Kier alpha value is 0.570. The van der Waals surface area contributed by atoms with Crippen LogP contribution in [-0.2, 0) is 4.74 Å². The van der Waals surface area contributed by atoms with Gasteiger partial charge in [0.1, 0.15) is 13.5 Å². The van der Waals surface area contributed by atoms with Crippen molar-refractivity contribution in [1.29, 1.82) is 0 Å². The maximum atomic E-state index is 5.37. The molecule has 0 unspecified atom stereocenters. The Morgan fingerprint density at radius 3 is 2.00 bits per heavy atom. The summed E-state index contributed by atoms with van der Waals surface area (Å²) in [5.74, 6) is 0. The van der Waals surface area contributed by atoms with Gasteiger partial charge in [0.15, 0.2) is 0 Å². The van der Waals surface area contributed by atoms with E-state index in [1.165, 1.54) is 0 Å². The van der Waals surface area contributed by atoms with Crippen molar-refractivity contribution >= 4 is 22.9 Å². The fourth-order valence-corrected chi connectivity index (χ4v) is 2.04. The molecule has 0 radical (unpaired) electrons. The normalized spacial score (nSPS) is 26.5. The van der Waals surface area contributed by atoms with Crippen molar-refractivity contribution in [2.75, 3.05) is 40.9 Å². The summed E-state index contributed by atoms with van der Waals surface area (Å²) in [5, 5.41) is 0. The summed E-state index contributed by atoms with van der Waals surface area (Å²) in [4.78, 5) is 4.28. The van der Waals surface area contributed by atoms with Crippen LogP contribution in [-0.4, -0.2) is 53.8 Å². The van der Waals surface area contributed by atoms with Crippen molar-refractivity contribution in [2.24, 2.45) is 0 Å². The van der Waals surface area contributed by atoms with Crippen molar-refractivity contribution in [1.82, 2.24) is 12.9 Å². The third-order valence-electron chi connectivity index (χ3n) is 1.41. The molecule has 1 saturated heterocycles. The Balaban J connectivity index is 2.34. The molecule has 0 bridgehead atoms. The van der Waals surface area contributed by atoms with Gasteiger partial charge in [0, 0.05) is 22.9 Å². The molecule has 0 N–H and O–H groups in total. The molecule has 0 amide bonds. The molecule has 1 rings (SSSR count). The van der Waals surface area contributed by atoms with Crippen LogP contribution in [0.5, 0.6) is 0 Å². The van der Waals surface area contributed by atoms with Crippen molar-refractivity contribution in [3.63, 3.8) is 0 Å². The first-order valence-corrected chi connectivity index (χ1v) is 4.50. The second kappa shape index (κ2) is 4.56. The van der Waals surface area contributed by atoms with Gasteiger partial charge in [-0.15, -0.1) is 0 Å². The molecular formula is C6H14IN3O. The van der Waals surface area contributed by atoms with E-state index in [2.05, 4.69) is 49.9 Å². The lowest BCUT2D eigenvalue weighted by atomic mass is 10.7. The first-order valence-electron chi connectivity index (χ1n) is 3.54. The predicted molar refractivity (Wildman–Crippen MR) is 51.9 cm³/mol. The number of nitrogens with zero attached hydrogens (tertiary/aromatic N) is 3. The van der Waals surface area contributed by atoms with E-state index in [1.807, 2.05) is 0 Å². The van der Waals surface area contributed by atoms with E-state index in [4.69, 9.17) is 4.74 Å². The van der Waals surface area contributed by atoms with Crippen LogP contribution >= 0.6 is 22.9 Å². The van der Waals surface area contributed by atoms with Crippen LogP contribution in [0.25, 0.3) is 0 Å². The van der Waals surface area contributed by atoms with E-state index in [9.17, 15) is 0 Å². The molecule has 66 valence electrons. The molecule has 0 aliphatic carbocycles. The summed E-state index contributed by atoms with van der Waals surface area (Å²) in [7, 11) is 4.11. The fraction of sp³-hybridized carbons (Fsp3) is 1.00. The summed E-state index contributed by atoms with van der Waals surface area (Å²) in [6.07, 6.45) is 0. The number of halogens is 1. The molecule has 0 saturated carbocycles. The summed E-state index contributed by atoms with van der Waals surface area (Å²) >= 11 is 2.32. The van der Waals surface area contributed by atoms with E-state index in [0.717, 1.165) is 13.3 Å². The Morgan fingerprint density at radius 2 is 1.55 bits per heavy atom. The number of ether oxygens (including phenoxy) is 1. The quantitative estimate of drug-likeness (QED) is 0.468. The van der Waals surface area contributed by atoms with E-state index in [1.54, 1.807) is 0 Å². The van der Waals surface area contributed by atoms with E-state index < -0.39 is 0 Å². The van der Waals surface area contributed by atoms with Gasteiger partial charge in [-0.1, -0.05) is 0 Å². The molecule has 1 heterocycles. The van der Waals surface area contributed by atoms with Gasteiger partial charge in [0.25, 0.3) is 0 Å². The smallest absolute Gasteiger partial charge is 0.102 e. The van der Waals surface area contributed by atoms with Crippen LogP contribution in [0.1, 0.15) is 0 Å². The lowest BCUT2D eigenvalue weighted by Gasteiger charge is -2.30. The highest BCUT2D eigenvalue weighted by molar-refractivity contribution is 14.1. The highest BCUT2D eigenvalue weighted by atomic mass is 127. The highest BCUT2D eigenvalue weighted by Crippen LogP contribution is 2.04. The SMILES string of the molecule is CN1COCN(C)CN(I)C1. The Labute approximate surface area is 81.6 Å².